The molecule has 1 atom stereocenters. The second-order valence-electron chi connectivity index (χ2n) is 6.31. The number of rotatable bonds is 5. The number of anilines is 1. The molecule has 0 aromatic carbocycles. The van der Waals surface area contributed by atoms with Crippen molar-refractivity contribution in [2.45, 2.75) is 45.9 Å². The maximum Gasteiger partial charge on any atom is 0.287 e. The summed E-state index contributed by atoms with van der Waals surface area (Å²) >= 11 is 6.45. The van der Waals surface area contributed by atoms with Gasteiger partial charge in [-0.1, -0.05) is 18.5 Å². The maximum atomic E-state index is 10.7. The van der Waals surface area contributed by atoms with Gasteiger partial charge in [-0.05, 0) is 27.2 Å². The molecular weight excluding hydrogens is 346 g/mol. The summed E-state index contributed by atoms with van der Waals surface area (Å²) in [6, 6.07) is 2.84. The SMILES string of the molecule is CCc1nc(C)nc(N2C(Oc3ccc([N+](=O)[O-])cn3)C2(C)C)c1Cl. The number of nitrogens with zero attached hydrogens (tertiary/aromatic N) is 5. The first kappa shape index (κ1) is 17.3. The van der Waals surface area contributed by atoms with Gasteiger partial charge in [0.05, 0.1) is 16.2 Å². The predicted octanol–water partition coefficient (Wildman–Crippen LogP) is 3.31. The highest BCUT2D eigenvalue weighted by Gasteiger charge is 2.60. The van der Waals surface area contributed by atoms with Crippen LogP contribution in [-0.2, 0) is 6.42 Å². The molecule has 25 heavy (non-hydrogen) atoms. The Balaban J connectivity index is 1.85. The van der Waals surface area contributed by atoms with E-state index in [-0.39, 0.29) is 17.5 Å². The van der Waals surface area contributed by atoms with E-state index in [0.717, 1.165) is 5.69 Å². The van der Waals surface area contributed by atoms with Crippen molar-refractivity contribution in [3.63, 3.8) is 0 Å². The fourth-order valence-corrected chi connectivity index (χ4v) is 3.00. The lowest BCUT2D eigenvalue weighted by molar-refractivity contribution is -0.385. The van der Waals surface area contributed by atoms with Crippen molar-refractivity contribution in [2.24, 2.45) is 0 Å². The summed E-state index contributed by atoms with van der Waals surface area (Å²) in [5.74, 6) is 1.58. The Morgan fingerprint density at radius 1 is 1.40 bits per heavy atom. The van der Waals surface area contributed by atoms with Crippen molar-refractivity contribution in [3.8, 4) is 5.88 Å². The van der Waals surface area contributed by atoms with E-state index in [1.807, 2.05) is 32.6 Å². The average molecular weight is 364 g/mol. The van der Waals surface area contributed by atoms with Gasteiger partial charge >= 0.3 is 0 Å². The van der Waals surface area contributed by atoms with Gasteiger partial charge in [0.1, 0.15) is 17.0 Å². The standard InChI is InChI=1S/C16H18ClN5O3/c1-5-11-13(17)14(20-9(2)19-11)21-15(16(21,3)4)25-12-7-6-10(8-18-12)22(23)24/h6-8,15H,5H2,1-4H3. The van der Waals surface area contributed by atoms with Crippen molar-refractivity contribution in [3.05, 3.63) is 45.0 Å². The molecule has 2 aromatic heterocycles. The number of nitro groups is 1. The molecule has 3 rings (SSSR count). The summed E-state index contributed by atoms with van der Waals surface area (Å²) in [5.41, 5.74) is 0.374. The summed E-state index contributed by atoms with van der Waals surface area (Å²) in [6.07, 6.45) is 1.56. The Morgan fingerprint density at radius 3 is 2.68 bits per heavy atom. The zero-order valence-electron chi connectivity index (χ0n) is 14.4. The third-order valence-corrected chi connectivity index (χ3v) is 4.52. The number of hydrogen-bond acceptors (Lipinski definition) is 7. The Morgan fingerprint density at radius 2 is 2.12 bits per heavy atom. The Kier molecular flexibility index (Phi) is 4.24. The third kappa shape index (κ3) is 3.09. The van der Waals surface area contributed by atoms with E-state index < -0.39 is 4.92 Å². The molecular formula is C16H18ClN5O3. The van der Waals surface area contributed by atoms with Gasteiger partial charge in [0.15, 0.2) is 12.0 Å². The smallest absolute Gasteiger partial charge is 0.287 e. The first-order valence-electron chi connectivity index (χ1n) is 7.85. The highest BCUT2D eigenvalue weighted by molar-refractivity contribution is 6.33. The van der Waals surface area contributed by atoms with E-state index in [1.54, 1.807) is 0 Å². The molecule has 3 heterocycles. The third-order valence-electron chi connectivity index (χ3n) is 4.13. The fraction of sp³-hybridized carbons (Fsp3) is 0.438. The van der Waals surface area contributed by atoms with Gasteiger partial charge in [-0.3, -0.25) is 10.1 Å². The van der Waals surface area contributed by atoms with Crippen LogP contribution in [0, 0.1) is 17.0 Å². The highest BCUT2D eigenvalue weighted by Crippen LogP contribution is 2.47. The number of aromatic nitrogens is 3. The largest absolute Gasteiger partial charge is 0.451 e. The van der Waals surface area contributed by atoms with Gasteiger partial charge in [0.2, 0.25) is 5.88 Å². The van der Waals surface area contributed by atoms with Crippen LogP contribution in [0.3, 0.4) is 0 Å². The summed E-state index contributed by atoms with van der Waals surface area (Å²) in [6.45, 7) is 7.81. The fourth-order valence-electron chi connectivity index (χ4n) is 2.69. The molecule has 0 radical (unpaired) electrons. The van der Waals surface area contributed by atoms with Gasteiger partial charge in [0.25, 0.3) is 5.69 Å². The van der Waals surface area contributed by atoms with E-state index in [4.69, 9.17) is 16.3 Å². The van der Waals surface area contributed by atoms with Crippen LogP contribution in [0.2, 0.25) is 5.02 Å². The number of aryl methyl sites for hydroxylation is 2. The van der Waals surface area contributed by atoms with E-state index in [1.165, 1.54) is 18.3 Å². The molecule has 132 valence electrons. The molecule has 1 aliphatic rings. The number of hydrogen-bond donors (Lipinski definition) is 0. The Labute approximate surface area is 150 Å². The topological polar surface area (TPSA) is 94.0 Å². The van der Waals surface area contributed by atoms with Crippen LogP contribution in [0.1, 0.15) is 32.3 Å². The van der Waals surface area contributed by atoms with Crippen LogP contribution in [0.15, 0.2) is 18.3 Å². The minimum atomic E-state index is -0.500. The molecule has 9 heteroatoms. The van der Waals surface area contributed by atoms with E-state index >= 15 is 0 Å². The van der Waals surface area contributed by atoms with E-state index in [0.29, 0.717) is 29.0 Å². The molecule has 1 unspecified atom stereocenters. The molecule has 1 aliphatic heterocycles. The monoisotopic (exact) mass is 363 g/mol. The normalized spacial score (nSPS) is 18.1. The van der Waals surface area contributed by atoms with Crippen LogP contribution in [-0.4, -0.2) is 31.6 Å². The number of pyridine rings is 1. The number of halogens is 1. The summed E-state index contributed by atoms with van der Waals surface area (Å²) in [4.78, 5) is 25.0. The van der Waals surface area contributed by atoms with Crippen molar-refractivity contribution >= 4 is 23.1 Å². The zero-order valence-corrected chi connectivity index (χ0v) is 15.1. The predicted molar refractivity (Wildman–Crippen MR) is 93.0 cm³/mol. The molecule has 2 aromatic rings. The van der Waals surface area contributed by atoms with Gasteiger partial charge in [-0.25, -0.2) is 15.0 Å². The van der Waals surface area contributed by atoms with Gasteiger partial charge < -0.3 is 9.64 Å². The second kappa shape index (κ2) is 6.11. The number of ether oxygens (including phenoxy) is 1. The Bertz CT molecular complexity index is 825. The van der Waals surface area contributed by atoms with E-state index in [9.17, 15) is 10.1 Å². The molecule has 8 nitrogen and oxygen atoms in total. The lowest BCUT2D eigenvalue weighted by Gasteiger charge is -2.12. The average Bonchev–Trinajstić information content (AvgIpc) is 3.10. The summed E-state index contributed by atoms with van der Waals surface area (Å²) < 4.78 is 5.88. The van der Waals surface area contributed by atoms with Gasteiger partial charge in [-0.15, -0.1) is 0 Å². The lowest BCUT2D eigenvalue weighted by atomic mass is 10.2. The zero-order chi connectivity index (χ0) is 18.4. The van der Waals surface area contributed by atoms with Crippen LogP contribution >= 0.6 is 11.6 Å². The molecule has 0 aliphatic carbocycles. The second-order valence-corrected chi connectivity index (χ2v) is 6.69. The maximum absolute atomic E-state index is 10.7. The first-order valence-corrected chi connectivity index (χ1v) is 8.23. The van der Waals surface area contributed by atoms with E-state index in [2.05, 4.69) is 15.0 Å². The highest BCUT2D eigenvalue weighted by atomic mass is 35.5. The van der Waals surface area contributed by atoms with Crippen LogP contribution in [0.25, 0.3) is 0 Å². The van der Waals surface area contributed by atoms with Crippen LogP contribution in [0.5, 0.6) is 5.88 Å². The van der Waals surface area contributed by atoms with Crippen molar-refractivity contribution in [1.29, 1.82) is 0 Å². The quantitative estimate of drug-likeness (QED) is 0.457. The molecule has 0 amide bonds. The van der Waals surface area contributed by atoms with Crippen molar-refractivity contribution < 1.29 is 9.66 Å². The summed E-state index contributed by atoms with van der Waals surface area (Å²) in [7, 11) is 0. The minimum absolute atomic E-state index is 0.0821. The van der Waals surface area contributed by atoms with Crippen molar-refractivity contribution in [2.75, 3.05) is 4.90 Å². The first-order chi connectivity index (χ1) is 11.8. The molecule has 0 bridgehead atoms. The van der Waals surface area contributed by atoms with Crippen molar-refractivity contribution in [1.82, 2.24) is 15.0 Å². The Hall–Kier alpha value is -2.48. The molecule has 0 spiro atoms. The summed E-state index contributed by atoms with van der Waals surface area (Å²) in [5, 5.41) is 11.2. The molecule has 1 saturated heterocycles. The minimum Gasteiger partial charge on any atom is -0.451 e. The van der Waals surface area contributed by atoms with Gasteiger partial charge in [0, 0.05) is 12.1 Å². The molecule has 0 N–H and O–H groups in total. The molecule has 1 fully saturated rings. The van der Waals surface area contributed by atoms with Crippen LogP contribution in [0.4, 0.5) is 11.5 Å². The van der Waals surface area contributed by atoms with Crippen LogP contribution < -0.4 is 9.64 Å². The van der Waals surface area contributed by atoms with Gasteiger partial charge in [-0.2, -0.15) is 0 Å². The lowest BCUT2D eigenvalue weighted by Crippen LogP contribution is -2.11. The molecule has 0 saturated carbocycles.